The van der Waals surface area contributed by atoms with E-state index in [4.69, 9.17) is 4.74 Å². The molecule has 2 aromatic carbocycles. The van der Waals surface area contributed by atoms with E-state index in [2.05, 4.69) is 10.3 Å². The molecule has 5 heteroatoms. The normalized spacial score (nSPS) is 10.5. The van der Waals surface area contributed by atoms with Gasteiger partial charge < -0.3 is 10.1 Å². The molecule has 0 aliphatic carbocycles. The van der Waals surface area contributed by atoms with Crippen LogP contribution in [0.15, 0.2) is 53.9 Å². The molecule has 0 aliphatic heterocycles. The van der Waals surface area contributed by atoms with Crippen LogP contribution >= 0.6 is 11.3 Å². The zero-order valence-electron chi connectivity index (χ0n) is 14.3. The van der Waals surface area contributed by atoms with Crippen LogP contribution in [-0.4, -0.2) is 18.0 Å². The summed E-state index contributed by atoms with van der Waals surface area (Å²) in [4.78, 5) is 16.9. The molecule has 25 heavy (non-hydrogen) atoms. The fourth-order valence-electron chi connectivity index (χ4n) is 2.57. The highest BCUT2D eigenvalue weighted by atomic mass is 32.1. The topological polar surface area (TPSA) is 51.2 Å². The molecular weight excluding hydrogens is 332 g/mol. The number of benzene rings is 2. The zero-order valence-corrected chi connectivity index (χ0v) is 15.1. The molecule has 3 rings (SSSR count). The van der Waals surface area contributed by atoms with Gasteiger partial charge in [0.25, 0.3) is 0 Å². The van der Waals surface area contributed by atoms with Crippen molar-refractivity contribution in [1.82, 2.24) is 4.98 Å². The van der Waals surface area contributed by atoms with Crippen LogP contribution in [0.4, 0.5) is 5.69 Å². The number of anilines is 1. The number of ether oxygens (including phenoxy) is 1. The molecule has 0 saturated heterocycles. The molecule has 0 radical (unpaired) electrons. The first-order chi connectivity index (χ1) is 12.2. The number of rotatable bonds is 6. The van der Waals surface area contributed by atoms with Gasteiger partial charge in [-0.1, -0.05) is 30.3 Å². The number of para-hydroxylation sites is 1. The summed E-state index contributed by atoms with van der Waals surface area (Å²) in [6, 6.07) is 15.6. The van der Waals surface area contributed by atoms with Gasteiger partial charge in [-0.25, -0.2) is 4.98 Å². The number of hydrogen-bond acceptors (Lipinski definition) is 4. The average molecular weight is 352 g/mol. The van der Waals surface area contributed by atoms with Gasteiger partial charge in [-0.3, -0.25) is 4.79 Å². The summed E-state index contributed by atoms with van der Waals surface area (Å²) >= 11 is 1.60. The monoisotopic (exact) mass is 352 g/mol. The number of carbonyl (C=O) groups excluding carboxylic acids is 1. The lowest BCUT2D eigenvalue weighted by Gasteiger charge is -2.10. The third-order valence-corrected chi connectivity index (χ3v) is 4.67. The summed E-state index contributed by atoms with van der Waals surface area (Å²) in [6.45, 7) is 1.98. The summed E-state index contributed by atoms with van der Waals surface area (Å²) in [5.41, 5.74) is 3.75. The van der Waals surface area contributed by atoms with Crippen molar-refractivity contribution in [3.63, 3.8) is 0 Å². The Labute approximate surface area is 151 Å². The molecule has 0 aliphatic rings. The number of methoxy groups -OCH3 is 1. The first-order valence-electron chi connectivity index (χ1n) is 8.10. The van der Waals surface area contributed by atoms with Crippen LogP contribution in [0.5, 0.6) is 5.75 Å². The third-order valence-electron chi connectivity index (χ3n) is 3.90. The molecule has 1 aromatic heterocycles. The molecular formula is C20H20N2O2S. The van der Waals surface area contributed by atoms with Crippen molar-refractivity contribution >= 4 is 22.9 Å². The van der Waals surface area contributed by atoms with E-state index in [-0.39, 0.29) is 5.91 Å². The standard InChI is InChI=1S/C20H20N2O2S/c1-14-21-19(13-25-14)17-5-3-4-6-18(17)22-20(23)12-9-15-7-10-16(24-2)11-8-15/h3-8,10-11,13H,9,12H2,1-2H3,(H,22,23). The van der Waals surface area contributed by atoms with E-state index in [1.807, 2.05) is 60.8 Å². The van der Waals surface area contributed by atoms with Crippen molar-refractivity contribution in [2.24, 2.45) is 0 Å². The second-order valence-electron chi connectivity index (χ2n) is 5.69. The van der Waals surface area contributed by atoms with E-state index in [1.165, 1.54) is 0 Å². The van der Waals surface area contributed by atoms with E-state index < -0.39 is 0 Å². The lowest BCUT2D eigenvalue weighted by molar-refractivity contribution is -0.116. The zero-order chi connectivity index (χ0) is 17.6. The van der Waals surface area contributed by atoms with Gasteiger partial charge in [0, 0.05) is 17.4 Å². The fraction of sp³-hybridized carbons (Fsp3) is 0.200. The van der Waals surface area contributed by atoms with E-state index in [0.29, 0.717) is 12.8 Å². The van der Waals surface area contributed by atoms with Crippen LogP contribution < -0.4 is 10.1 Å². The Bertz CT molecular complexity index is 856. The van der Waals surface area contributed by atoms with Gasteiger partial charge in [0.1, 0.15) is 5.75 Å². The quantitative estimate of drug-likeness (QED) is 0.700. The van der Waals surface area contributed by atoms with Gasteiger partial charge in [-0.2, -0.15) is 0 Å². The van der Waals surface area contributed by atoms with Gasteiger partial charge in [0.05, 0.1) is 23.5 Å². The van der Waals surface area contributed by atoms with Crippen LogP contribution in [0, 0.1) is 6.92 Å². The highest BCUT2D eigenvalue weighted by Gasteiger charge is 2.10. The molecule has 0 bridgehead atoms. The molecule has 0 saturated carbocycles. The lowest BCUT2D eigenvalue weighted by atomic mass is 10.1. The van der Waals surface area contributed by atoms with Crippen LogP contribution in [0.1, 0.15) is 17.0 Å². The van der Waals surface area contributed by atoms with E-state index in [0.717, 1.165) is 33.3 Å². The van der Waals surface area contributed by atoms with Gasteiger partial charge in [0.2, 0.25) is 5.91 Å². The summed E-state index contributed by atoms with van der Waals surface area (Å²) < 4.78 is 5.15. The second-order valence-corrected chi connectivity index (χ2v) is 6.76. The predicted octanol–water partition coefficient (Wildman–Crippen LogP) is 4.70. The maximum atomic E-state index is 12.3. The SMILES string of the molecule is COc1ccc(CCC(=O)Nc2ccccc2-c2csc(C)n2)cc1. The van der Waals surface area contributed by atoms with Crippen molar-refractivity contribution in [2.45, 2.75) is 19.8 Å². The number of hydrogen-bond donors (Lipinski definition) is 1. The molecule has 128 valence electrons. The molecule has 0 spiro atoms. The minimum absolute atomic E-state index is 0.00443. The van der Waals surface area contributed by atoms with Crippen molar-refractivity contribution in [2.75, 3.05) is 12.4 Å². The minimum atomic E-state index is -0.00443. The van der Waals surface area contributed by atoms with Crippen LogP contribution in [0.3, 0.4) is 0 Å². The van der Waals surface area contributed by atoms with E-state index >= 15 is 0 Å². The lowest BCUT2D eigenvalue weighted by Crippen LogP contribution is -2.13. The Morgan fingerprint density at radius 2 is 1.92 bits per heavy atom. The molecule has 1 amide bonds. The van der Waals surface area contributed by atoms with E-state index in [9.17, 15) is 4.79 Å². The average Bonchev–Trinajstić information content (AvgIpc) is 3.07. The van der Waals surface area contributed by atoms with Crippen molar-refractivity contribution in [3.05, 3.63) is 64.5 Å². The Hall–Kier alpha value is -2.66. The number of carbonyl (C=O) groups is 1. The number of thiazole rings is 1. The Balaban J connectivity index is 1.65. The van der Waals surface area contributed by atoms with Gasteiger partial charge in [0.15, 0.2) is 0 Å². The van der Waals surface area contributed by atoms with Crippen LogP contribution in [-0.2, 0) is 11.2 Å². The van der Waals surface area contributed by atoms with Crippen molar-refractivity contribution < 1.29 is 9.53 Å². The minimum Gasteiger partial charge on any atom is -0.497 e. The summed E-state index contributed by atoms with van der Waals surface area (Å²) in [6.07, 6.45) is 1.12. The first-order valence-corrected chi connectivity index (χ1v) is 8.98. The van der Waals surface area contributed by atoms with Gasteiger partial charge in [-0.05, 0) is 37.1 Å². The number of nitrogens with one attached hydrogen (secondary N) is 1. The fourth-order valence-corrected chi connectivity index (χ4v) is 3.18. The third kappa shape index (κ3) is 4.45. The van der Waals surface area contributed by atoms with Gasteiger partial charge in [-0.15, -0.1) is 11.3 Å². The predicted molar refractivity (Wildman–Crippen MR) is 102 cm³/mol. The number of nitrogens with zero attached hydrogens (tertiary/aromatic N) is 1. The van der Waals surface area contributed by atoms with Crippen molar-refractivity contribution in [3.8, 4) is 17.0 Å². The van der Waals surface area contributed by atoms with Gasteiger partial charge >= 0.3 is 0 Å². The maximum Gasteiger partial charge on any atom is 0.224 e. The molecule has 4 nitrogen and oxygen atoms in total. The Kier molecular flexibility index (Phi) is 5.46. The number of amides is 1. The second kappa shape index (κ2) is 7.94. The highest BCUT2D eigenvalue weighted by Crippen LogP contribution is 2.28. The van der Waals surface area contributed by atoms with Crippen LogP contribution in [0.25, 0.3) is 11.3 Å². The molecule has 0 atom stereocenters. The Morgan fingerprint density at radius 1 is 1.16 bits per heavy atom. The smallest absolute Gasteiger partial charge is 0.224 e. The number of aromatic nitrogens is 1. The molecule has 1 N–H and O–H groups in total. The maximum absolute atomic E-state index is 12.3. The highest BCUT2D eigenvalue weighted by molar-refractivity contribution is 7.09. The first kappa shape index (κ1) is 17.2. The van der Waals surface area contributed by atoms with E-state index in [1.54, 1.807) is 18.4 Å². The molecule has 3 aromatic rings. The molecule has 1 heterocycles. The number of aryl methyl sites for hydroxylation is 2. The Morgan fingerprint density at radius 3 is 2.60 bits per heavy atom. The largest absolute Gasteiger partial charge is 0.497 e. The summed E-state index contributed by atoms with van der Waals surface area (Å²) in [5, 5.41) is 6.03. The molecule has 0 fully saturated rings. The summed E-state index contributed by atoms with van der Waals surface area (Å²) in [7, 11) is 1.64. The molecule has 0 unspecified atom stereocenters. The van der Waals surface area contributed by atoms with Crippen molar-refractivity contribution in [1.29, 1.82) is 0 Å². The summed E-state index contributed by atoms with van der Waals surface area (Å²) in [5.74, 6) is 0.816. The van der Waals surface area contributed by atoms with Crippen LogP contribution in [0.2, 0.25) is 0 Å².